The molecule has 0 amide bonds. The molecule has 1 aromatic heterocycles. The molecule has 1 aliphatic carbocycles. The maximum Gasteiger partial charge on any atom is 0.230 e. The highest BCUT2D eigenvalue weighted by atomic mass is 16.5. The van der Waals surface area contributed by atoms with Crippen molar-refractivity contribution in [3.05, 3.63) is 35.7 Å². The lowest BCUT2D eigenvalue weighted by molar-refractivity contribution is 0.380. The van der Waals surface area contributed by atoms with Crippen molar-refractivity contribution >= 4 is 0 Å². The fourth-order valence-electron chi connectivity index (χ4n) is 1.74. The molecule has 0 radical (unpaired) electrons. The van der Waals surface area contributed by atoms with Gasteiger partial charge in [0.1, 0.15) is 0 Å². The van der Waals surface area contributed by atoms with Crippen LogP contribution in [0.25, 0.3) is 11.4 Å². The van der Waals surface area contributed by atoms with E-state index >= 15 is 0 Å². The molecule has 0 saturated heterocycles. The van der Waals surface area contributed by atoms with E-state index < -0.39 is 0 Å². The maximum absolute atomic E-state index is 5.24. The molecule has 0 N–H and O–H groups in total. The van der Waals surface area contributed by atoms with E-state index in [1.54, 1.807) is 0 Å². The van der Waals surface area contributed by atoms with Crippen molar-refractivity contribution in [3.63, 3.8) is 0 Å². The van der Waals surface area contributed by atoms with Crippen molar-refractivity contribution < 1.29 is 4.52 Å². The van der Waals surface area contributed by atoms with E-state index in [1.165, 1.54) is 18.4 Å². The third-order valence-electron chi connectivity index (χ3n) is 2.99. The van der Waals surface area contributed by atoms with Crippen molar-refractivity contribution in [2.24, 2.45) is 0 Å². The van der Waals surface area contributed by atoms with Crippen LogP contribution >= 0.6 is 0 Å². The van der Waals surface area contributed by atoms with Crippen molar-refractivity contribution in [3.8, 4) is 11.4 Å². The van der Waals surface area contributed by atoms with E-state index in [-0.39, 0.29) is 0 Å². The van der Waals surface area contributed by atoms with Gasteiger partial charge in [0, 0.05) is 11.5 Å². The second kappa shape index (κ2) is 5.80. The zero-order chi connectivity index (χ0) is 13.0. The van der Waals surface area contributed by atoms with Gasteiger partial charge < -0.3 is 4.52 Å². The third kappa shape index (κ3) is 2.78. The van der Waals surface area contributed by atoms with Crippen molar-refractivity contribution in [2.75, 3.05) is 0 Å². The average molecular weight is 244 g/mol. The summed E-state index contributed by atoms with van der Waals surface area (Å²) in [5.74, 6) is 2.04. The largest absolute Gasteiger partial charge is 0.339 e. The summed E-state index contributed by atoms with van der Waals surface area (Å²) in [6, 6.07) is 8.34. The summed E-state index contributed by atoms with van der Waals surface area (Å²) in [7, 11) is 0. The van der Waals surface area contributed by atoms with E-state index in [2.05, 4.69) is 41.3 Å². The van der Waals surface area contributed by atoms with Gasteiger partial charge in [-0.05, 0) is 24.8 Å². The fraction of sp³-hybridized carbons (Fsp3) is 0.467. The van der Waals surface area contributed by atoms with Crippen LogP contribution in [0.4, 0.5) is 0 Å². The molecule has 3 rings (SSSR count). The summed E-state index contributed by atoms with van der Waals surface area (Å²) in [5.41, 5.74) is 2.36. The van der Waals surface area contributed by atoms with Gasteiger partial charge in [-0.3, -0.25) is 0 Å². The van der Waals surface area contributed by atoms with Crippen molar-refractivity contribution in [1.82, 2.24) is 10.1 Å². The highest BCUT2D eigenvalue weighted by molar-refractivity contribution is 5.54. The van der Waals surface area contributed by atoms with Gasteiger partial charge >= 0.3 is 0 Å². The van der Waals surface area contributed by atoms with Crippen LogP contribution in [-0.2, 0) is 6.42 Å². The first-order valence-corrected chi connectivity index (χ1v) is 6.79. The number of hydrogen-bond acceptors (Lipinski definition) is 3. The summed E-state index contributed by atoms with van der Waals surface area (Å²) in [5, 5.41) is 4.02. The highest BCUT2D eigenvalue weighted by Crippen LogP contribution is 2.39. The molecule has 1 saturated carbocycles. The summed E-state index contributed by atoms with van der Waals surface area (Å²) in [6.45, 7) is 6.15. The number of hydrogen-bond donors (Lipinski definition) is 0. The molecule has 0 spiro atoms. The average Bonchev–Trinajstić information content (AvgIpc) is 3.19. The summed E-state index contributed by atoms with van der Waals surface area (Å²) < 4.78 is 5.24. The predicted molar refractivity (Wildman–Crippen MR) is 72.4 cm³/mol. The highest BCUT2D eigenvalue weighted by Gasteiger charge is 2.29. The topological polar surface area (TPSA) is 38.9 Å². The molecule has 1 heterocycles. The minimum absolute atomic E-state index is 0.524. The van der Waals surface area contributed by atoms with E-state index in [1.807, 2.05) is 13.8 Å². The fourth-order valence-corrected chi connectivity index (χ4v) is 1.74. The SMILES string of the molecule is CC.CCc1ccc(-c2noc(C3CC3)n2)cc1. The first-order chi connectivity index (χ1) is 8.86. The van der Waals surface area contributed by atoms with Gasteiger partial charge in [-0.25, -0.2) is 0 Å². The molecule has 1 fully saturated rings. The number of aromatic nitrogens is 2. The summed E-state index contributed by atoms with van der Waals surface area (Å²) in [6.07, 6.45) is 3.44. The van der Waals surface area contributed by atoms with Gasteiger partial charge in [0.25, 0.3) is 0 Å². The standard InChI is InChI=1S/C13H14N2O.C2H6/c1-2-9-3-5-10(6-4-9)12-14-13(16-15-12)11-7-8-11;1-2/h3-6,11H,2,7-8H2,1H3;1-2H3. The predicted octanol–water partition coefficient (Wildman–Crippen LogP) is 4.20. The van der Waals surface area contributed by atoms with E-state index in [4.69, 9.17) is 4.52 Å². The van der Waals surface area contributed by atoms with E-state index in [0.29, 0.717) is 11.7 Å². The molecule has 2 aromatic rings. The Morgan fingerprint density at radius 1 is 1.17 bits per heavy atom. The zero-order valence-electron chi connectivity index (χ0n) is 11.3. The molecule has 1 aliphatic rings. The van der Waals surface area contributed by atoms with Crippen LogP contribution in [0.15, 0.2) is 28.8 Å². The molecule has 0 bridgehead atoms. The van der Waals surface area contributed by atoms with Crippen LogP contribution in [0, 0.1) is 0 Å². The number of nitrogens with zero attached hydrogens (tertiary/aromatic N) is 2. The van der Waals surface area contributed by atoms with Crippen LogP contribution in [0.1, 0.15) is 51.0 Å². The molecule has 96 valence electrons. The second-order valence-electron chi connectivity index (χ2n) is 4.28. The lowest BCUT2D eigenvalue weighted by atomic mass is 10.1. The Bertz CT molecular complexity index is 483. The molecule has 3 heteroatoms. The second-order valence-corrected chi connectivity index (χ2v) is 4.28. The Morgan fingerprint density at radius 3 is 2.39 bits per heavy atom. The lowest BCUT2D eigenvalue weighted by Gasteiger charge is -1.97. The van der Waals surface area contributed by atoms with Gasteiger partial charge in [0.05, 0.1) is 0 Å². The molecule has 3 nitrogen and oxygen atoms in total. The third-order valence-corrected chi connectivity index (χ3v) is 2.99. The van der Waals surface area contributed by atoms with Gasteiger partial charge in [-0.1, -0.05) is 50.2 Å². The first-order valence-electron chi connectivity index (χ1n) is 6.79. The Hall–Kier alpha value is -1.64. The monoisotopic (exact) mass is 244 g/mol. The molecule has 18 heavy (non-hydrogen) atoms. The minimum atomic E-state index is 0.524. The Labute approximate surface area is 108 Å². The maximum atomic E-state index is 5.24. The molecular weight excluding hydrogens is 224 g/mol. The summed E-state index contributed by atoms with van der Waals surface area (Å²) in [4.78, 5) is 4.42. The van der Waals surface area contributed by atoms with Gasteiger partial charge in [0.2, 0.25) is 11.7 Å². The molecule has 1 aromatic carbocycles. The first kappa shape index (κ1) is 12.8. The van der Waals surface area contributed by atoms with Crippen LogP contribution in [0.3, 0.4) is 0 Å². The number of benzene rings is 1. The smallest absolute Gasteiger partial charge is 0.230 e. The van der Waals surface area contributed by atoms with Gasteiger partial charge in [-0.2, -0.15) is 4.98 Å². The van der Waals surface area contributed by atoms with E-state index in [0.717, 1.165) is 17.9 Å². The Kier molecular flexibility index (Phi) is 4.13. The molecule has 0 aliphatic heterocycles. The summed E-state index contributed by atoms with van der Waals surface area (Å²) >= 11 is 0. The van der Waals surface area contributed by atoms with Crippen LogP contribution in [-0.4, -0.2) is 10.1 Å². The van der Waals surface area contributed by atoms with Crippen LogP contribution < -0.4 is 0 Å². The quantitative estimate of drug-likeness (QED) is 0.812. The Balaban J connectivity index is 0.000000574. The minimum Gasteiger partial charge on any atom is -0.339 e. The van der Waals surface area contributed by atoms with Crippen LogP contribution in [0.2, 0.25) is 0 Å². The van der Waals surface area contributed by atoms with E-state index in [9.17, 15) is 0 Å². The van der Waals surface area contributed by atoms with Crippen LogP contribution in [0.5, 0.6) is 0 Å². The molecule has 0 unspecified atom stereocenters. The zero-order valence-corrected chi connectivity index (χ0v) is 11.3. The number of aryl methyl sites for hydroxylation is 1. The Morgan fingerprint density at radius 2 is 1.83 bits per heavy atom. The van der Waals surface area contributed by atoms with Crippen molar-refractivity contribution in [2.45, 2.75) is 46.0 Å². The van der Waals surface area contributed by atoms with Crippen molar-refractivity contribution in [1.29, 1.82) is 0 Å². The van der Waals surface area contributed by atoms with Gasteiger partial charge in [-0.15, -0.1) is 0 Å². The van der Waals surface area contributed by atoms with Gasteiger partial charge in [0.15, 0.2) is 0 Å². The number of rotatable bonds is 3. The molecular formula is C15H20N2O. The lowest BCUT2D eigenvalue weighted by Crippen LogP contribution is -1.84. The normalized spacial score (nSPS) is 13.9. The molecule has 0 atom stereocenters.